The van der Waals surface area contributed by atoms with E-state index in [1.165, 1.54) is 11.8 Å². The molecule has 148 valence electrons. The molecule has 0 saturated carbocycles. The van der Waals surface area contributed by atoms with Crippen molar-refractivity contribution in [1.29, 1.82) is 5.26 Å². The average molecular weight is 410 g/mol. The Labute approximate surface area is 166 Å². The highest BCUT2D eigenvalue weighted by atomic mass is 32.2. The number of pyridine rings is 1. The molecule has 2 atom stereocenters. The number of hydrogen-bond donors (Lipinski definition) is 0. The second kappa shape index (κ2) is 8.61. The zero-order valence-electron chi connectivity index (χ0n) is 16.6. The predicted octanol–water partition coefficient (Wildman–Crippen LogP) is 2.78. The zero-order valence-corrected chi connectivity index (χ0v) is 18.2. The third-order valence-corrected chi connectivity index (χ3v) is 8.07. The summed E-state index contributed by atoms with van der Waals surface area (Å²) >= 11 is 1.26. The zero-order chi connectivity index (χ0) is 20.4. The van der Waals surface area contributed by atoms with Crippen molar-refractivity contribution in [2.45, 2.75) is 64.6 Å². The molecule has 6 nitrogen and oxygen atoms in total. The summed E-state index contributed by atoms with van der Waals surface area (Å²) < 4.78 is 23.7. The van der Waals surface area contributed by atoms with Crippen molar-refractivity contribution in [2.24, 2.45) is 0 Å². The van der Waals surface area contributed by atoms with E-state index in [1.54, 1.807) is 4.90 Å². The van der Waals surface area contributed by atoms with Crippen LogP contribution in [0, 0.1) is 32.1 Å². The normalized spacial score (nSPS) is 19.5. The van der Waals surface area contributed by atoms with Crippen molar-refractivity contribution in [3.8, 4) is 6.07 Å². The van der Waals surface area contributed by atoms with Gasteiger partial charge in [0.2, 0.25) is 5.91 Å². The molecular formula is C19H27N3O3S2. The summed E-state index contributed by atoms with van der Waals surface area (Å²) in [5.74, 6) is 0.225. The number of carbonyl (C=O) groups is 1. The quantitative estimate of drug-likeness (QED) is 0.671. The SMILES string of the molecule is CC[C@H](C)N(C(=O)CSc1nc(C)c(C)c(C)c1C#N)[C@@H]1CCS(=O)(=O)C1. The molecule has 1 aromatic rings. The molecule has 1 aliphatic heterocycles. The highest BCUT2D eigenvalue weighted by Crippen LogP contribution is 2.28. The van der Waals surface area contributed by atoms with Crippen LogP contribution in [0.1, 0.15) is 49.1 Å². The lowest BCUT2D eigenvalue weighted by Gasteiger charge is -2.33. The van der Waals surface area contributed by atoms with Gasteiger partial charge >= 0.3 is 0 Å². The van der Waals surface area contributed by atoms with Crippen molar-refractivity contribution >= 4 is 27.5 Å². The number of thioether (sulfide) groups is 1. The van der Waals surface area contributed by atoms with E-state index >= 15 is 0 Å². The molecule has 1 aliphatic rings. The molecule has 27 heavy (non-hydrogen) atoms. The summed E-state index contributed by atoms with van der Waals surface area (Å²) in [5, 5.41) is 10.0. The highest BCUT2D eigenvalue weighted by molar-refractivity contribution is 8.00. The maximum atomic E-state index is 13.0. The van der Waals surface area contributed by atoms with Gasteiger partial charge in [-0.3, -0.25) is 4.79 Å². The molecule has 0 aliphatic carbocycles. The first-order valence-corrected chi connectivity index (χ1v) is 11.9. The first-order valence-electron chi connectivity index (χ1n) is 9.13. The average Bonchev–Trinajstić information content (AvgIpc) is 2.97. The summed E-state index contributed by atoms with van der Waals surface area (Å²) in [6, 6.07) is 1.91. The first kappa shape index (κ1) is 21.7. The third kappa shape index (κ3) is 4.82. The minimum Gasteiger partial charge on any atom is -0.335 e. The molecule has 0 N–H and O–H groups in total. The number of aryl methyl sites for hydroxylation is 1. The monoisotopic (exact) mass is 409 g/mol. The summed E-state index contributed by atoms with van der Waals surface area (Å²) in [6.45, 7) is 9.66. The standard InChI is InChI=1S/C19H27N3O3S2/c1-6-12(2)22(16-7-8-27(24,25)11-16)18(23)10-26-19-17(9-20)14(4)13(3)15(5)21-19/h12,16H,6-8,10-11H2,1-5H3/t12-,16+/m0/s1. The Morgan fingerprint density at radius 2 is 2.04 bits per heavy atom. The van der Waals surface area contributed by atoms with Gasteiger partial charge in [-0.05, 0) is 51.7 Å². The molecule has 0 bridgehead atoms. The Bertz CT molecular complexity index is 875. The van der Waals surface area contributed by atoms with Crippen molar-refractivity contribution in [2.75, 3.05) is 17.3 Å². The lowest BCUT2D eigenvalue weighted by atomic mass is 10.1. The lowest BCUT2D eigenvalue weighted by Crippen LogP contribution is -2.47. The third-order valence-electron chi connectivity index (χ3n) is 5.36. The minimum absolute atomic E-state index is 0.0266. The molecular weight excluding hydrogens is 382 g/mol. The Kier molecular flexibility index (Phi) is 6.92. The van der Waals surface area contributed by atoms with Crippen LogP contribution in [0.3, 0.4) is 0 Å². The molecule has 8 heteroatoms. The fraction of sp³-hybridized carbons (Fsp3) is 0.632. The van der Waals surface area contributed by atoms with Gasteiger partial charge in [-0.25, -0.2) is 13.4 Å². The van der Waals surface area contributed by atoms with Crippen LogP contribution < -0.4 is 0 Å². The predicted molar refractivity (Wildman–Crippen MR) is 108 cm³/mol. The molecule has 1 amide bonds. The summed E-state index contributed by atoms with van der Waals surface area (Å²) in [5.41, 5.74) is 3.23. The van der Waals surface area contributed by atoms with Gasteiger partial charge in [0.1, 0.15) is 11.1 Å². The molecule has 1 saturated heterocycles. The van der Waals surface area contributed by atoms with E-state index < -0.39 is 9.84 Å². The maximum absolute atomic E-state index is 13.0. The summed E-state index contributed by atoms with van der Waals surface area (Å²) in [4.78, 5) is 19.2. The van der Waals surface area contributed by atoms with Crippen LogP contribution in [0.4, 0.5) is 0 Å². The van der Waals surface area contributed by atoms with Crippen LogP contribution in [0.2, 0.25) is 0 Å². The molecule has 0 unspecified atom stereocenters. The molecule has 1 fully saturated rings. The van der Waals surface area contributed by atoms with Crippen molar-refractivity contribution in [1.82, 2.24) is 9.88 Å². The Balaban J connectivity index is 2.21. The second-order valence-electron chi connectivity index (χ2n) is 7.14. The van der Waals surface area contributed by atoms with Crippen molar-refractivity contribution < 1.29 is 13.2 Å². The number of hydrogen-bond acceptors (Lipinski definition) is 6. The summed E-state index contributed by atoms with van der Waals surface area (Å²) in [6.07, 6.45) is 1.25. The Morgan fingerprint density at radius 3 is 2.56 bits per heavy atom. The minimum atomic E-state index is -3.07. The first-order chi connectivity index (χ1) is 12.6. The summed E-state index contributed by atoms with van der Waals surface area (Å²) in [7, 11) is -3.07. The lowest BCUT2D eigenvalue weighted by molar-refractivity contribution is -0.132. The van der Waals surface area contributed by atoms with E-state index in [4.69, 9.17) is 0 Å². The van der Waals surface area contributed by atoms with Crippen molar-refractivity contribution in [3.63, 3.8) is 0 Å². The van der Waals surface area contributed by atoms with E-state index in [-0.39, 0.29) is 35.2 Å². The number of nitriles is 1. The van der Waals surface area contributed by atoms with Gasteiger partial charge < -0.3 is 4.90 Å². The van der Waals surface area contributed by atoms with Crippen LogP contribution >= 0.6 is 11.8 Å². The van der Waals surface area contributed by atoms with E-state index in [0.717, 1.165) is 23.2 Å². The van der Waals surface area contributed by atoms with Crippen LogP contribution in [0.5, 0.6) is 0 Å². The number of nitrogens with zero attached hydrogens (tertiary/aromatic N) is 3. The molecule has 0 radical (unpaired) electrons. The van der Waals surface area contributed by atoms with Crippen LogP contribution in [-0.2, 0) is 14.6 Å². The van der Waals surface area contributed by atoms with Gasteiger partial charge in [-0.15, -0.1) is 0 Å². The number of sulfone groups is 1. The number of amides is 1. The number of carbonyl (C=O) groups excluding carboxylic acids is 1. The molecule has 2 rings (SSSR count). The smallest absolute Gasteiger partial charge is 0.233 e. The van der Waals surface area contributed by atoms with E-state index in [1.807, 2.05) is 34.6 Å². The van der Waals surface area contributed by atoms with Gasteiger partial charge in [0.15, 0.2) is 9.84 Å². The second-order valence-corrected chi connectivity index (χ2v) is 10.3. The number of rotatable bonds is 6. The fourth-order valence-corrected chi connectivity index (χ4v) is 6.02. The molecule has 1 aromatic heterocycles. The van der Waals surface area contributed by atoms with E-state index in [2.05, 4.69) is 11.1 Å². The molecule has 0 spiro atoms. The van der Waals surface area contributed by atoms with Gasteiger partial charge in [0.05, 0.1) is 22.8 Å². The number of aromatic nitrogens is 1. The van der Waals surface area contributed by atoms with Crippen molar-refractivity contribution in [3.05, 3.63) is 22.4 Å². The fourth-order valence-electron chi connectivity index (χ4n) is 3.35. The largest absolute Gasteiger partial charge is 0.335 e. The maximum Gasteiger partial charge on any atom is 0.233 e. The van der Waals surface area contributed by atoms with Gasteiger partial charge in [0.25, 0.3) is 0 Å². The molecule has 2 heterocycles. The van der Waals surface area contributed by atoms with Crippen LogP contribution in [0.25, 0.3) is 0 Å². The van der Waals surface area contributed by atoms with E-state index in [0.29, 0.717) is 17.0 Å². The Hall–Kier alpha value is -1.59. The van der Waals surface area contributed by atoms with Gasteiger partial charge in [-0.2, -0.15) is 5.26 Å². The highest BCUT2D eigenvalue weighted by Gasteiger charge is 2.36. The Morgan fingerprint density at radius 1 is 1.37 bits per heavy atom. The van der Waals surface area contributed by atoms with Gasteiger partial charge in [0, 0.05) is 17.8 Å². The van der Waals surface area contributed by atoms with Crippen LogP contribution in [-0.4, -0.2) is 53.6 Å². The topological polar surface area (TPSA) is 91.1 Å². The van der Waals surface area contributed by atoms with E-state index in [9.17, 15) is 18.5 Å². The molecule has 0 aromatic carbocycles. The van der Waals surface area contributed by atoms with Gasteiger partial charge in [-0.1, -0.05) is 18.7 Å². The van der Waals surface area contributed by atoms with Crippen LogP contribution in [0.15, 0.2) is 5.03 Å².